The molecule has 0 aliphatic heterocycles. The molecule has 128 valence electrons. The van der Waals surface area contributed by atoms with Gasteiger partial charge in [-0.3, -0.25) is 9.69 Å². The van der Waals surface area contributed by atoms with Crippen molar-refractivity contribution in [2.75, 3.05) is 20.2 Å². The Bertz CT molecular complexity index is 592. The fourth-order valence-electron chi connectivity index (χ4n) is 2.46. The molecule has 0 radical (unpaired) electrons. The van der Waals surface area contributed by atoms with Crippen molar-refractivity contribution in [2.45, 2.75) is 32.2 Å². The Morgan fingerprint density at radius 2 is 1.42 bits per heavy atom. The minimum Gasteiger partial charge on any atom is -0.464 e. The van der Waals surface area contributed by atoms with Crippen LogP contribution in [-0.2, 0) is 9.53 Å². The summed E-state index contributed by atoms with van der Waals surface area (Å²) in [6, 6.07) is 19.6. The lowest BCUT2D eigenvalue weighted by atomic mass is 9.91. The topological polar surface area (TPSA) is 29.5 Å². The van der Waals surface area contributed by atoms with E-state index in [0.717, 1.165) is 11.1 Å². The van der Waals surface area contributed by atoms with Crippen LogP contribution in [0.5, 0.6) is 0 Å². The van der Waals surface area contributed by atoms with Crippen LogP contribution >= 0.6 is 0 Å². The van der Waals surface area contributed by atoms with Crippen LogP contribution in [0.2, 0.25) is 0 Å². The Hall–Kier alpha value is -2.13. The maximum absolute atomic E-state index is 12.7. The van der Waals surface area contributed by atoms with Crippen LogP contribution in [0.15, 0.2) is 60.7 Å². The van der Waals surface area contributed by atoms with Crippen LogP contribution in [0.1, 0.15) is 37.8 Å². The van der Waals surface area contributed by atoms with Gasteiger partial charge in [-0.1, -0.05) is 60.7 Å². The largest absolute Gasteiger partial charge is 0.464 e. The molecule has 0 spiro atoms. The summed E-state index contributed by atoms with van der Waals surface area (Å²) >= 11 is 0. The first-order chi connectivity index (χ1) is 11.4. The van der Waals surface area contributed by atoms with Crippen LogP contribution < -0.4 is 0 Å². The number of likely N-dealkylation sites (N-methyl/N-ethyl adjacent to an activating group) is 1. The van der Waals surface area contributed by atoms with E-state index in [4.69, 9.17) is 4.74 Å². The van der Waals surface area contributed by atoms with E-state index in [0.29, 0.717) is 13.2 Å². The van der Waals surface area contributed by atoms with Gasteiger partial charge < -0.3 is 4.74 Å². The highest BCUT2D eigenvalue weighted by Crippen LogP contribution is 2.26. The number of hydrogen-bond acceptors (Lipinski definition) is 3. The molecule has 0 bridgehead atoms. The lowest BCUT2D eigenvalue weighted by Crippen LogP contribution is -2.40. The number of ether oxygens (including phenoxy) is 1. The molecule has 0 atom stereocenters. The molecule has 0 aliphatic rings. The van der Waals surface area contributed by atoms with Crippen molar-refractivity contribution in [3.8, 4) is 0 Å². The van der Waals surface area contributed by atoms with Gasteiger partial charge in [0.15, 0.2) is 0 Å². The molecular formula is C21H27NO2. The number of rotatable bonds is 6. The monoisotopic (exact) mass is 325 g/mol. The number of hydrogen-bond donors (Lipinski definition) is 0. The first kappa shape index (κ1) is 18.2. The molecule has 0 unspecified atom stereocenters. The first-order valence-corrected chi connectivity index (χ1v) is 8.37. The van der Waals surface area contributed by atoms with Gasteiger partial charge in [0.2, 0.25) is 0 Å². The second kappa shape index (κ2) is 8.11. The molecular weight excluding hydrogens is 298 g/mol. The van der Waals surface area contributed by atoms with Crippen LogP contribution in [0.4, 0.5) is 0 Å². The Morgan fingerprint density at radius 1 is 0.958 bits per heavy atom. The smallest absolute Gasteiger partial charge is 0.317 e. The molecule has 0 saturated carbocycles. The average Bonchev–Trinajstić information content (AvgIpc) is 2.56. The van der Waals surface area contributed by atoms with Crippen LogP contribution in [0.25, 0.3) is 0 Å². The van der Waals surface area contributed by atoms with E-state index in [2.05, 4.69) is 25.7 Å². The normalized spacial score (nSPS) is 11.8. The molecule has 0 saturated heterocycles. The second-order valence-corrected chi connectivity index (χ2v) is 7.01. The highest BCUT2D eigenvalue weighted by molar-refractivity contribution is 5.82. The predicted molar refractivity (Wildman–Crippen MR) is 98.1 cm³/mol. The van der Waals surface area contributed by atoms with Crippen molar-refractivity contribution >= 4 is 5.97 Å². The maximum Gasteiger partial charge on any atom is 0.317 e. The zero-order chi connectivity index (χ0) is 17.6. The van der Waals surface area contributed by atoms with Gasteiger partial charge in [0.25, 0.3) is 0 Å². The van der Waals surface area contributed by atoms with Gasteiger partial charge in [-0.25, -0.2) is 0 Å². The zero-order valence-electron chi connectivity index (χ0n) is 15.0. The van der Waals surface area contributed by atoms with E-state index in [9.17, 15) is 4.79 Å². The fourth-order valence-corrected chi connectivity index (χ4v) is 2.46. The average molecular weight is 325 g/mol. The highest BCUT2D eigenvalue weighted by Gasteiger charge is 2.24. The highest BCUT2D eigenvalue weighted by atomic mass is 16.5. The number of carbonyl (C=O) groups excluding carboxylic acids is 1. The second-order valence-electron chi connectivity index (χ2n) is 7.01. The van der Waals surface area contributed by atoms with Gasteiger partial charge in [0.05, 0.1) is 0 Å². The van der Waals surface area contributed by atoms with Crippen LogP contribution in [0, 0.1) is 0 Å². The van der Waals surface area contributed by atoms with Crippen molar-refractivity contribution in [3.63, 3.8) is 0 Å². The Balaban J connectivity index is 2.09. The summed E-state index contributed by atoms with van der Waals surface area (Å²) in [5.74, 6) is -0.581. The van der Waals surface area contributed by atoms with E-state index in [1.165, 1.54) is 0 Å². The third-order valence-electron chi connectivity index (χ3n) is 4.32. The van der Waals surface area contributed by atoms with E-state index in [1.807, 2.05) is 67.7 Å². The summed E-state index contributed by atoms with van der Waals surface area (Å²) in [5, 5.41) is 0. The van der Waals surface area contributed by atoms with Gasteiger partial charge in [-0.2, -0.15) is 0 Å². The summed E-state index contributed by atoms with van der Waals surface area (Å²) < 4.78 is 5.60. The van der Waals surface area contributed by atoms with E-state index in [1.54, 1.807) is 0 Å². The zero-order valence-corrected chi connectivity index (χ0v) is 15.0. The standard InChI is InChI=1S/C21H27NO2/c1-21(2,3)22(4)15-16-24-20(23)19(17-11-7-5-8-12-17)18-13-9-6-10-14-18/h5-14,19H,15-16H2,1-4H3. The molecule has 0 aromatic heterocycles. The number of benzene rings is 2. The molecule has 2 aromatic rings. The molecule has 0 heterocycles. The molecule has 2 rings (SSSR count). The van der Waals surface area contributed by atoms with Crippen molar-refractivity contribution in [1.29, 1.82) is 0 Å². The lowest BCUT2D eigenvalue weighted by molar-refractivity contribution is -0.145. The molecule has 3 nitrogen and oxygen atoms in total. The first-order valence-electron chi connectivity index (χ1n) is 8.37. The summed E-state index contributed by atoms with van der Waals surface area (Å²) in [6.45, 7) is 7.54. The molecule has 0 N–H and O–H groups in total. The number of nitrogens with zero attached hydrogens (tertiary/aromatic N) is 1. The number of carbonyl (C=O) groups is 1. The predicted octanol–water partition coefficient (Wildman–Crippen LogP) is 4.09. The SMILES string of the molecule is CN(CCOC(=O)C(c1ccccc1)c1ccccc1)C(C)(C)C. The molecule has 24 heavy (non-hydrogen) atoms. The summed E-state index contributed by atoms with van der Waals surface area (Å²) in [4.78, 5) is 14.9. The van der Waals surface area contributed by atoms with E-state index >= 15 is 0 Å². The summed E-state index contributed by atoms with van der Waals surface area (Å²) in [5.41, 5.74) is 1.97. The van der Waals surface area contributed by atoms with Gasteiger partial charge in [-0.05, 0) is 38.9 Å². The van der Waals surface area contributed by atoms with Crippen molar-refractivity contribution in [2.24, 2.45) is 0 Å². The van der Waals surface area contributed by atoms with Crippen LogP contribution in [0.3, 0.4) is 0 Å². The Labute approximate surface area is 145 Å². The van der Waals surface area contributed by atoms with Gasteiger partial charge in [-0.15, -0.1) is 0 Å². The minimum absolute atomic E-state index is 0.0602. The number of esters is 1. The van der Waals surface area contributed by atoms with Crippen molar-refractivity contribution in [1.82, 2.24) is 4.90 Å². The lowest BCUT2D eigenvalue weighted by Gasteiger charge is -2.31. The molecule has 2 aromatic carbocycles. The molecule has 0 fully saturated rings. The van der Waals surface area contributed by atoms with Gasteiger partial charge >= 0.3 is 5.97 Å². The van der Waals surface area contributed by atoms with Gasteiger partial charge in [0.1, 0.15) is 12.5 Å². The Morgan fingerprint density at radius 3 is 1.83 bits per heavy atom. The van der Waals surface area contributed by atoms with Crippen LogP contribution in [-0.4, -0.2) is 36.6 Å². The maximum atomic E-state index is 12.7. The molecule has 0 amide bonds. The minimum atomic E-state index is -0.382. The van der Waals surface area contributed by atoms with Crippen molar-refractivity contribution < 1.29 is 9.53 Å². The fraction of sp³-hybridized carbons (Fsp3) is 0.381. The Kier molecular flexibility index (Phi) is 6.16. The summed E-state index contributed by atoms with van der Waals surface area (Å²) in [7, 11) is 2.04. The summed E-state index contributed by atoms with van der Waals surface area (Å²) in [6.07, 6.45) is 0. The molecule has 3 heteroatoms. The quantitative estimate of drug-likeness (QED) is 0.749. The third kappa shape index (κ3) is 4.93. The third-order valence-corrected chi connectivity index (χ3v) is 4.32. The van der Waals surface area contributed by atoms with E-state index in [-0.39, 0.29) is 17.4 Å². The van der Waals surface area contributed by atoms with Crippen molar-refractivity contribution in [3.05, 3.63) is 71.8 Å². The van der Waals surface area contributed by atoms with E-state index < -0.39 is 0 Å². The molecule has 0 aliphatic carbocycles. The van der Waals surface area contributed by atoms with Gasteiger partial charge in [0, 0.05) is 12.1 Å².